The number of hydrogen-bond acceptors (Lipinski definition) is 3. The summed E-state index contributed by atoms with van der Waals surface area (Å²) in [6.07, 6.45) is 3.81. The van der Waals surface area contributed by atoms with Gasteiger partial charge < -0.3 is 14.2 Å². The van der Waals surface area contributed by atoms with Gasteiger partial charge in [0.15, 0.2) is 5.95 Å². The molecular formula is C9H16BN4. The molecule has 1 radical (unpaired) electrons. The van der Waals surface area contributed by atoms with Gasteiger partial charge in [0.1, 0.15) is 0 Å². The van der Waals surface area contributed by atoms with Crippen LogP contribution in [0.4, 0.5) is 5.95 Å². The maximum Gasteiger partial charge on any atom is 0.354 e. The average Bonchev–Trinajstić information content (AvgIpc) is 2.71. The molecule has 5 heteroatoms. The second-order valence-corrected chi connectivity index (χ2v) is 3.98. The molecule has 1 saturated heterocycles. The predicted octanol–water partition coefficient (Wildman–Crippen LogP) is 0.485. The van der Waals surface area contributed by atoms with Gasteiger partial charge in [0, 0.05) is 32.5 Å². The van der Waals surface area contributed by atoms with Crippen molar-refractivity contribution in [2.45, 2.75) is 19.9 Å². The van der Waals surface area contributed by atoms with Crippen LogP contribution in [0.15, 0.2) is 12.4 Å². The van der Waals surface area contributed by atoms with Gasteiger partial charge in [-0.2, -0.15) is 0 Å². The Balaban J connectivity index is 2.06. The van der Waals surface area contributed by atoms with Crippen molar-refractivity contribution in [3.63, 3.8) is 0 Å². The van der Waals surface area contributed by atoms with E-state index in [-0.39, 0.29) is 0 Å². The summed E-state index contributed by atoms with van der Waals surface area (Å²) in [5.74, 6) is 1.02. The van der Waals surface area contributed by atoms with Gasteiger partial charge in [0.2, 0.25) is 0 Å². The van der Waals surface area contributed by atoms with E-state index in [9.17, 15) is 0 Å². The lowest BCUT2D eigenvalue weighted by Gasteiger charge is -2.19. The van der Waals surface area contributed by atoms with Crippen LogP contribution in [0, 0.1) is 0 Å². The Morgan fingerprint density at radius 3 is 2.71 bits per heavy atom. The highest BCUT2D eigenvalue weighted by Crippen LogP contribution is 2.14. The van der Waals surface area contributed by atoms with Crippen LogP contribution < -0.4 is 4.81 Å². The SMILES string of the molecule is CC(C)N1[B]N(c2nccn2C)CC1. The topological polar surface area (TPSA) is 24.3 Å². The van der Waals surface area contributed by atoms with Crippen LogP contribution in [0.3, 0.4) is 0 Å². The molecule has 0 bridgehead atoms. The van der Waals surface area contributed by atoms with Crippen LogP contribution in [0.25, 0.3) is 0 Å². The first-order chi connectivity index (χ1) is 6.68. The molecule has 2 rings (SSSR count). The Morgan fingerprint density at radius 1 is 1.43 bits per heavy atom. The number of nitrogens with zero attached hydrogens (tertiary/aromatic N) is 4. The summed E-state index contributed by atoms with van der Waals surface area (Å²) in [6, 6.07) is 0.570. The summed E-state index contributed by atoms with van der Waals surface area (Å²) in [4.78, 5) is 8.85. The van der Waals surface area contributed by atoms with Crippen molar-refractivity contribution < 1.29 is 0 Å². The summed E-state index contributed by atoms with van der Waals surface area (Å²) < 4.78 is 2.04. The fraction of sp³-hybridized carbons (Fsp3) is 0.667. The molecule has 0 atom stereocenters. The van der Waals surface area contributed by atoms with Gasteiger partial charge in [-0.15, -0.1) is 0 Å². The quantitative estimate of drug-likeness (QED) is 0.635. The van der Waals surface area contributed by atoms with Gasteiger partial charge >= 0.3 is 7.55 Å². The lowest BCUT2D eigenvalue weighted by atomic mass is 10.1. The Kier molecular flexibility index (Phi) is 2.50. The average molecular weight is 191 g/mol. The molecule has 0 aromatic carbocycles. The molecule has 4 nitrogen and oxygen atoms in total. The first-order valence-corrected chi connectivity index (χ1v) is 5.03. The van der Waals surface area contributed by atoms with E-state index in [1.54, 1.807) is 0 Å². The zero-order valence-electron chi connectivity index (χ0n) is 9.01. The monoisotopic (exact) mass is 191 g/mol. The summed E-state index contributed by atoms with van der Waals surface area (Å²) in [7, 11) is 4.18. The molecule has 0 saturated carbocycles. The van der Waals surface area contributed by atoms with Crippen molar-refractivity contribution in [3.05, 3.63) is 12.4 Å². The fourth-order valence-corrected chi connectivity index (χ4v) is 1.70. The third-order valence-electron chi connectivity index (χ3n) is 2.60. The molecule has 1 aromatic heterocycles. The van der Waals surface area contributed by atoms with Gasteiger partial charge in [0.25, 0.3) is 0 Å². The highest BCUT2D eigenvalue weighted by Gasteiger charge is 2.26. The smallest absolute Gasteiger partial charge is 0.354 e. The van der Waals surface area contributed by atoms with Gasteiger partial charge in [-0.05, 0) is 6.04 Å². The predicted molar refractivity (Wildman–Crippen MR) is 58.2 cm³/mol. The minimum Gasteiger partial charge on any atom is -0.373 e. The van der Waals surface area contributed by atoms with E-state index in [0.29, 0.717) is 6.04 Å². The molecule has 75 valence electrons. The van der Waals surface area contributed by atoms with Crippen LogP contribution in [-0.2, 0) is 7.05 Å². The second kappa shape index (κ2) is 3.65. The lowest BCUT2D eigenvalue weighted by molar-refractivity contribution is 0.405. The van der Waals surface area contributed by atoms with E-state index >= 15 is 0 Å². The van der Waals surface area contributed by atoms with E-state index in [2.05, 4.69) is 36.0 Å². The zero-order chi connectivity index (χ0) is 10.1. The Morgan fingerprint density at radius 2 is 2.21 bits per heavy atom. The van der Waals surface area contributed by atoms with Gasteiger partial charge in [-0.1, -0.05) is 13.8 Å². The van der Waals surface area contributed by atoms with Crippen molar-refractivity contribution in [3.8, 4) is 0 Å². The van der Waals surface area contributed by atoms with Crippen LogP contribution >= 0.6 is 0 Å². The molecule has 1 aliphatic rings. The van der Waals surface area contributed by atoms with Crippen molar-refractivity contribution in [2.24, 2.45) is 7.05 Å². The number of rotatable bonds is 2. The Hall–Kier alpha value is -0.965. The molecule has 2 heterocycles. The maximum absolute atomic E-state index is 4.32. The minimum atomic E-state index is 0.570. The normalized spacial score (nSPS) is 17.9. The first-order valence-electron chi connectivity index (χ1n) is 5.03. The highest BCUT2D eigenvalue weighted by molar-refractivity contribution is 6.39. The Bertz CT molecular complexity index is 310. The molecule has 0 unspecified atom stereocenters. The maximum atomic E-state index is 4.32. The summed E-state index contributed by atoms with van der Waals surface area (Å²) in [5, 5.41) is 0. The molecule has 1 aliphatic heterocycles. The molecule has 14 heavy (non-hydrogen) atoms. The molecule has 0 spiro atoms. The fourth-order valence-electron chi connectivity index (χ4n) is 1.70. The third-order valence-corrected chi connectivity index (χ3v) is 2.60. The Labute approximate surface area is 85.8 Å². The van der Waals surface area contributed by atoms with E-state index in [1.165, 1.54) is 0 Å². The molecule has 0 amide bonds. The molecule has 0 aliphatic carbocycles. The third kappa shape index (κ3) is 1.64. The van der Waals surface area contributed by atoms with Gasteiger partial charge in [0.05, 0.1) is 0 Å². The number of imidazole rings is 1. The van der Waals surface area contributed by atoms with Crippen LogP contribution in [0.2, 0.25) is 0 Å². The van der Waals surface area contributed by atoms with Crippen molar-refractivity contribution >= 4 is 13.5 Å². The van der Waals surface area contributed by atoms with Crippen molar-refractivity contribution in [1.29, 1.82) is 0 Å². The number of aryl methyl sites for hydroxylation is 1. The standard InChI is InChI=1S/C9H16BN4/c1-8(2)13-6-7-14(10-13)9-11-4-5-12(9)3/h4-5,8H,6-7H2,1-3H3. The molecule has 1 aromatic rings. The van der Waals surface area contributed by atoms with E-state index in [4.69, 9.17) is 0 Å². The van der Waals surface area contributed by atoms with E-state index < -0.39 is 0 Å². The summed E-state index contributed by atoms with van der Waals surface area (Å²) in [5.41, 5.74) is 0. The van der Waals surface area contributed by atoms with Crippen LogP contribution in [0.5, 0.6) is 0 Å². The van der Waals surface area contributed by atoms with E-state index in [1.807, 2.05) is 24.0 Å². The number of aromatic nitrogens is 2. The largest absolute Gasteiger partial charge is 0.373 e. The van der Waals surface area contributed by atoms with Crippen LogP contribution in [-0.4, -0.2) is 41.0 Å². The number of hydrogen-bond donors (Lipinski definition) is 0. The van der Waals surface area contributed by atoms with E-state index in [0.717, 1.165) is 19.0 Å². The minimum absolute atomic E-state index is 0.570. The second-order valence-electron chi connectivity index (χ2n) is 3.98. The van der Waals surface area contributed by atoms with Crippen molar-refractivity contribution in [2.75, 3.05) is 17.9 Å². The van der Waals surface area contributed by atoms with Gasteiger partial charge in [-0.25, -0.2) is 4.98 Å². The van der Waals surface area contributed by atoms with Gasteiger partial charge in [-0.3, -0.25) is 0 Å². The highest BCUT2D eigenvalue weighted by atomic mass is 15.3. The molecule has 1 fully saturated rings. The summed E-state index contributed by atoms with van der Waals surface area (Å²) in [6.45, 7) is 6.53. The number of anilines is 1. The van der Waals surface area contributed by atoms with Crippen LogP contribution in [0.1, 0.15) is 13.8 Å². The molecule has 0 N–H and O–H groups in total. The van der Waals surface area contributed by atoms with Crippen molar-refractivity contribution in [1.82, 2.24) is 14.4 Å². The lowest BCUT2D eigenvalue weighted by Crippen LogP contribution is -2.35. The zero-order valence-corrected chi connectivity index (χ0v) is 9.01. The first kappa shape index (κ1) is 9.58. The summed E-state index contributed by atoms with van der Waals surface area (Å²) >= 11 is 0. The molecular weight excluding hydrogens is 175 g/mol.